The van der Waals surface area contributed by atoms with Crippen LogP contribution in [0.2, 0.25) is 5.02 Å². The fraction of sp³-hybridized carbons (Fsp3) is 0.0625. The molecule has 3 aromatic rings. The number of para-hydroxylation sites is 1. The van der Waals surface area contributed by atoms with Gasteiger partial charge in [-0.25, -0.2) is 4.68 Å². The summed E-state index contributed by atoms with van der Waals surface area (Å²) in [7, 11) is 0. The highest BCUT2D eigenvalue weighted by molar-refractivity contribution is 6.31. The molecule has 1 atom stereocenters. The van der Waals surface area contributed by atoms with Crippen LogP contribution in [0.1, 0.15) is 17.4 Å². The Bertz CT molecular complexity index is 709. The summed E-state index contributed by atoms with van der Waals surface area (Å²) in [4.78, 5) is 0. The molecule has 20 heavy (non-hydrogen) atoms. The van der Waals surface area contributed by atoms with Gasteiger partial charge in [-0.15, -0.1) is 0 Å². The molecule has 0 radical (unpaired) electrons. The summed E-state index contributed by atoms with van der Waals surface area (Å²) < 4.78 is 1.73. The Balaban J connectivity index is 1.93. The zero-order valence-corrected chi connectivity index (χ0v) is 11.4. The van der Waals surface area contributed by atoms with Crippen molar-refractivity contribution in [3.05, 3.63) is 83.1 Å². The summed E-state index contributed by atoms with van der Waals surface area (Å²) in [5, 5.41) is 15.3. The first-order valence-electron chi connectivity index (χ1n) is 6.29. The first-order chi connectivity index (χ1) is 9.75. The Kier molecular flexibility index (Phi) is 3.54. The van der Waals surface area contributed by atoms with Crippen LogP contribution < -0.4 is 0 Å². The van der Waals surface area contributed by atoms with E-state index in [9.17, 15) is 5.11 Å². The lowest BCUT2D eigenvalue weighted by molar-refractivity contribution is 0.215. The van der Waals surface area contributed by atoms with Crippen LogP contribution >= 0.6 is 11.6 Å². The molecule has 4 heteroatoms. The van der Waals surface area contributed by atoms with Gasteiger partial charge in [-0.05, 0) is 24.3 Å². The van der Waals surface area contributed by atoms with Crippen LogP contribution in [0.3, 0.4) is 0 Å². The number of aliphatic hydroxyl groups excluding tert-OH is 1. The molecule has 0 fully saturated rings. The van der Waals surface area contributed by atoms with Gasteiger partial charge in [-0.3, -0.25) is 0 Å². The number of halogens is 1. The standard InChI is InChI=1S/C16H13ClN2O/c17-14-9-5-4-8-13(14)16(20)15-10-11-19(18-15)12-6-2-1-3-7-12/h1-11,16,20H. The van der Waals surface area contributed by atoms with Crippen LogP contribution in [0.15, 0.2) is 66.9 Å². The molecule has 1 heterocycles. The molecule has 1 aromatic heterocycles. The molecule has 1 N–H and O–H groups in total. The summed E-state index contributed by atoms with van der Waals surface area (Å²) in [5.41, 5.74) is 2.18. The van der Waals surface area contributed by atoms with E-state index in [4.69, 9.17) is 11.6 Å². The van der Waals surface area contributed by atoms with E-state index < -0.39 is 6.10 Å². The minimum absolute atomic E-state index is 0.536. The van der Waals surface area contributed by atoms with Gasteiger partial charge in [0.25, 0.3) is 0 Å². The number of hydrogen-bond acceptors (Lipinski definition) is 2. The minimum atomic E-state index is -0.825. The molecule has 0 aliphatic rings. The molecule has 0 saturated carbocycles. The zero-order valence-electron chi connectivity index (χ0n) is 10.6. The molecule has 1 unspecified atom stereocenters. The molecule has 0 spiro atoms. The van der Waals surface area contributed by atoms with Crippen LogP contribution in [-0.2, 0) is 0 Å². The monoisotopic (exact) mass is 284 g/mol. The van der Waals surface area contributed by atoms with Crippen LogP contribution in [0.4, 0.5) is 0 Å². The van der Waals surface area contributed by atoms with Crippen molar-refractivity contribution in [2.45, 2.75) is 6.10 Å². The Morgan fingerprint density at radius 2 is 1.65 bits per heavy atom. The third-order valence-electron chi connectivity index (χ3n) is 3.11. The van der Waals surface area contributed by atoms with Crippen LogP contribution in [0.5, 0.6) is 0 Å². The number of aromatic nitrogens is 2. The van der Waals surface area contributed by atoms with Crippen molar-refractivity contribution in [3.8, 4) is 5.69 Å². The maximum absolute atomic E-state index is 10.4. The van der Waals surface area contributed by atoms with Gasteiger partial charge in [-0.1, -0.05) is 48.0 Å². The van der Waals surface area contributed by atoms with Crippen molar-refractivity contribution in [3.63, 3.8) is 0 Å². The normalized spacial score (nSPS) is 12.3. The van der Waals surface area contributed by atoms with Crippen LogP contribution in [-0.4, -0.2) is 14.9 Å². The predicted octanol–water partition coefficient (Wildman–Crippen LogP) is 3.61. The third kappa shape index (κ3) is 2.46. The first-order valence-corrected chi connectivity index (χ1v) is 6.67. The first kappa shape index (κ1) is 12.9. The Labute approximate surface area is 122 Å². The SMILES string of the molecule is OC(c1ccn(-c2ccccc2)n1)c1ccccc1Cl. The van der Waals surface area contributed by atoms with E-state index in [1.54, 1.807) is 22.9 Å². The van der Waals surface area contributed by atoms with E-state index in [0.29, 0.717) is 16.3 Å². The second-order valence-corrected chi connectivity index (χ2v) is 4.85. The van der Waals surface area contributed by atoms with Gasteiger partial charge >= 0.3 is 0 Å². The van der Waals surface area contributed by atoms with Gasteiger partial charge in [0.05, 0.1) is 11.4 Å². The minimum Gasteiger partial charge on any atom is -0.382 e. The average Bonchev–Trinajstić information content (AvgIpc) is 2.98. The summed E-state index contributed by atoms with van der Waals surface area (Å²) in [6, 6.07) is 18.8. The smallest absolute Gasteiger partial charge is 0.124 e. The lowest BCUT2D eigenvalue weighted by atomic mass is 10.1. The second-order valence-electron chi connectivity index (χ2n) is 4.44. The Morgan fingerprint density at radius 1 is 0.950 bits per heavy atom. The largest absolute Gasteiger partial charge is 0.382 e. The number of rotatable bonds is 3. The highest BCUT2D eigenvalue weighted by Gasteiger charge is 2.16. The number of hydrogen-bond donors (Lipinski definition) is 1. The number of aliphatic hydroxyl groups is 1. The summed E-state index contributed by atoms with van der Waals surface area (Å²) in [6.07, 6.45) is 0.999. The van der Waals surface area contributed by atoms with E-state index in [1.807, 2.05) is 48.7 Å². The highest BCUT2D eigenvalue weighted by Crippen LogP contribution is 2.27. The molecular formula is C16H13ClN2O. The van der Waals surface area contributed by atoms with Gasteiger partial charge in [0, 0.05) is 16.8 Å². The molecule has 0 aliphatic heterocycles. The molecule has 0 aliphatic carbocycles. The lowest BCUT2D eigenvalue weighted by Crippen LogP contribution is -2.03. The maximum Gasteiger partial charge on any atom is 0.124 e. The molecule has 0 saturated heterocycles. The number of benzene rings is 2. The van der Waals surface area contributed by atoms with Gasteiger partial charge in [0.1, 0.15) is 6.10 Å². The van der Waals surface area contributed by atoms with Crippen molar-refractivity contribution in [1.82, 2.24) is 9.78 Å². The molecule has 0 amide bonds. The highest BCUT2D eigenvalue weighted by atomic mass is 35.5. The predicted molar refractivity (Wildman–Crippen MR) is 79.1 cm³/mol. The Morgan fingerprint density at radius 3 is 2.40 bits per heavy atom. The Hall–Kier alpha value is -2.10. The quantitative estimate of drug-likeness (QED) is 0.798. The van der Waals surface area contributed by atoms with Crippen molar-refractivity contribution >= 4 is 11.6 Å². The van der Waals surface area contributed by atoms with E-state index >= 15 is 0 Å². The van der Waals surface area contributed by atoms with E-state index in [-0.39, 0.29) is 0 Å². The van der Waals surface area contributed by atoms with Crippen LogP contribution in [0.25, 0.3) is 5.69 Å². The van der Waals surface area contributed by atoms with E-state index in [1.165, 1.54) is 0 Å². The fourth-order valence-corrected chi connectivity index (χ4v) is 2.30. The summed E-state index contributed by atoms with van der Waals surface area (Å²) in [5.74, 6) is 0. The van der Waals surface area contributed by atoms with Crippen molar-refractivity contribution < 1.29 is 5.11 Å². The number of nitrogens with zero attached hydrogens (tertiary/aromatic N) is 2. The molecule has 0 bridgehead atoms. The molecular weight excluding hydrogens is 272 g/mol. The molecule has 3 nitrogen and oxygen atoms in total. The maximum atomic E-state index is 10.4. The molecule has 3 rings (SSSR count). The summed E-state index contributed by atoms with van der Waals surface area (Å²) >= 11 is 6.10. The van der Waals surface area contributed by atoms with Gasteiger partial charge in [0.15, 0.2) is 0 Å². The molecule has 100 valence electrons. The zero-order chi connectivity index (χ0) is 13.9. The molecule has 2 aromatic carbocycles. The van der Waals surface area contributed by atoms with Gasteiger partial charge in [-0.2, -0.15) is 5.10 Å². The second kappa shape index (κ2) is 5.49. The summed E-state index contributed by atoms with van der Waals surface area (Å²) in [6.45, 7) is 0. The van der Waals surface area contributed by atoms with Crippen LogP contribution in [0, 0.1) is 0 Å². The van der Waals surface area contributed by atoms with Crippen molar-refractivity contribution in [2.75, 3.05) is 0 Å². The van der Waals surface area contributed by atoms with Crippen molar-refractivity contribution in [2.24, 2.45) is 0 Å². The topological polar surface area (TPSA) is 38.0 Å². The lowest BCUT2D eigenvalue weighted by Gasteiger charge is -2.10. The van der Waals surface area contributed by atoms with Crippen molar-refractivity contribution in [1.29, 1.82) is 0 Å². The van der Waals surface area contributed by atoms with Gasteiger partial charge in [0.2, 0.25) is 0 Å². The van der Waals surface area contributed by atoms with E-state index in [0.717, 1.165) is 5.69 Å². The van der Waals surface area contributed by atoms with Gasteiger partial charge < -0.3 is 5.11 Å². The van der Waals surface area contributed by atoms with E-state index in [2.05, 4.69) is 5.10 Å². The third-order valence-corrected chi connectivity index (χ3v) is 3.45. The average molecular weight is 285 g/mol. The fourth-order valence-electron chi connectivity index (χ4n) is 2.06.